The summed E-state index contributed by atoms with van der Waals surface area (Å²) in [5.74, 6) is -1.41. The normalized spacial score (nSPS) is 32.1. The molecule has 4 saturated heterocycles. The summed E-state index contributed by atoms with van der Waals surface area (Å²) in [5.41, 5.74) is 1.30. The number of nitrogens with one attached hydrogen (secondary N) is 1. The van der Waals surface area contributed by atoms with Crippen molar-refractivity contribution in [1.29, 1.82) is 0 Å². The van der Waals surface area contributed by atoms with E-state index in [1.54, 1.807) is 0 Å². The zero-order chi connectivity index (χ0) is 20.0. The topological polar surface area (TPSA) is 78.9 Å². The van der Waals surface area contributed by atoms with Crippen LogP contribution in [0.5, 0.6) is 0 Å². The van der Waals surface area contributed by atoms with Gasteiger partial charge in [0.1, 0.15) is 6.54 Å². The van der Waals surface area contributed by atoms with Crippen LogP contribution in [0.1, 0.15) is 31.2 Å². The fourth-order valence-electron chi connectivity index (χ4n) is 5.42. The van der Waals surface area contributed by atoms with Crippen molar-refractivity contribution in [3.63, 3.8) is 0 Å². The zero-order valence-electron chi connectivity index (χ0n) is 16.5. The Morgan fingerprint density at radius 3 is 2.21 bits per heavy atom. The van der Waals surface area contributed by atoms with Crippen molar-refractivity contribution in [1.82, 2.24) is 15.1 Å². The number of ether oxygens (including phenoxy) is 1. The van der Waals surface area contributed by atoms with E-state index in [2.05, 4.69) is 34.5 Å². The summed E-state index contributed by atoms with van der Waals surface area (Å²) in [5, 5.41) is 3.03. The first kappa shape index (κ1) is 18.8. The second kappa shape index (κ2) is 7.54. The Kier molecular flexibility index (Phi) is 4.87. The maximum absolute atomic E-state index is 12.7. The van der Waals surface area contributed by atoms with E-state index < -0.39 is 0 Å². The Hall–Kier alpha value is -2.25. The van der Waals surface area contributed by atoms with Crippen molar-refractivity contribution in [2.75, 3.05) is 19.6 Å². The molecule has 0 radical (unpaired) electrons. The van der Waals surface area contributed by atoms with Crippen LogP contribution in [0.2, 0.25) is 0 Å². The van der Waals surface area contributed by atoms with Gasteiger partial charge in [-0.3, -0.25) is 24.2 Å². The van der Waals surface area contributed by atoms with E-state index in [-0.39, 0.29) is 54.4 Å². The molecular formula is C22H27N3O4. The molecule has 4 heterocycles. The predicted octanol–water partition coefficient (Wildman–Crippen LogP) is 0.930. The molecule has 7 nitrogen and oxygen atoms in total. The molecule has 0 aromatic heterocycles. The van der Waals surface area contributed by atoms with Gasteiger partial charge in [0.05, 0.1) is 24.0 Å². The summed E-state index contributed by atoms with van der Waals surface area (Å²) in [6.07, 6.45) is 3.17. The van der Waals surface area contributed by atoms with Crippen molar-refractivity contribution < 1.29 is 19.1 Å². The number of carbonyl (C=O) groups is 3. The van der Waals surface area contributed by atoms with Gasteiger partial charge in [0.15, 0.2) is 0 Å². The summed E-state index contributed by atoms with van der Waals surface area (Å²) in [7, 11) is 0. The minimum absolute atomic E-state index is 0.0985. The van der Waals surface area contributed by atoms with Crippen LogP contribution < -0.4 is 5.32 Å². The van der Waals surface area contributed by atoms with E-state index in [0.29, 0.717) is 0 Å². The number of amides is 3. The highest BCUT2D eigenvalue weighted by Crippen LogP contribution is 2.48. The molecule has 1 N–H and O–H groups in total. The Labute approximate surface area is 170 Å². The van der Waals surface area contributed by atoms with E-state index in [4.69, 9.17) is 4.74 Å². The molecule has 3 amide bonds. The average molecular weight is 397 g/mol. The zero-order valence-corrected chi connectivity index (χ0v) is 16.5. The molecule has 4 aliphatic rings. The van der Waals surface area contributed by atoms with Gasteiger partial charge in [-0.25, -0.2) is 0 Å². The average Bonchev–Trinajstić information content (AvgIpc) is 3.40. The largest absolute Gasteiger partial charge is 0.373 e. The minimum atomic E-state index is -0.365. The molecule has 4 atom stereocenters. The van der Waals surface area contributed by atoms with Gasteiger partial charge >= 0.3 is 0 Å². The molecule has 1 aromatic rings. The van der Waals surface area contributed by atoms with Crippen LogP contribution in [0.15, 0.2) is 30.3 Å². The Balaban J connectivity index is 1.11. The molecule has 4 aliphatic heterocycles. The lowest BCUT2D eigenvalue weighted by molar-refractivity contribution is -0.146. The number of hydrogen-bond acceptors (Lipinski definition) is 5. The first-order valence-corrected chi connectivity index (χ1v) is 10.7. The maximum atomic E-state index is 12.7. The highest BCUT2D eigenvalue weighted by molar-refractivity contribution is 6.08. The second-order valence-electron chi connectivity index (χ2n) is 8.71. The quantitative estimate of drug-likeness (QED) is 0.748. The summed E-state index contributed by atoms with van der Waals surface area (Å²) >= 11 is 0. The molecule has 154 valence electrons. The number of nitrogens with zero attached hydrogens (tertiary/aromatic N) is 2. The van der Waals surface area contributed by atoms with Crippen LogP contribution >= 0.6 is 0 Å². The van der Waals surface area contributed by atoms with Crippen molar-refractivity contribution >= 4 is 17.7 Å². The monoisotopic (exact) mass is 397 g/mol. The van der Waals surface area contributed by atoms with Gasteiger partial charge in [0, 0.05) is 25.7 Å². The van der Waals surface area contributed by atoms with Crippen molar-refractivity contribution in [3.8, 4) is 0 Å². The Bertz CT molecular complexity index is 778. The highest BCUT2D eigenvalue weighted by Gasteiger charge is 2.62. The van der Waals surface area contributed by atoms with Crippen molar-refractivity contribution in [2.45, 2.75) is 50.5 Å². The van der Waals surface area contributed by atoms with Crippen molar-refractivity contribution in [3.05, 3.63) is 35.9 Å². The van der Waals surface area contributed by atoms with E-state index >= 15 is 0 Å². The number of benzene rings is 1. The third kappa shape index (κ3) is 3.46. The first-order valence-electron chi connectivity index (χ1n) is 10.7. The Morgan fingerprint density at radius 2 is 1.59 bits per heavy atom. The van der Waals surface area contributed by atoms with Gasteiger partial charge in [-0.05, 0) is 31.2 Å². The lowest BCUT2D eigenvalue weighted by Crippen LogP contribution is -2.48. The highest BCUT2D eigenvalue weighted by atomic mass is 16.5. The minimum Gasteiger partial charge on any atom is -0.373 e. The fourth-order valence-corrected chi connectivity index (χ4v) is 5.42. The van der Waals surface area contributed by atoms with Crippen LogP contribution in [0.3, 0.4) is 0 Å². The van der Waals surface area contributed by atoms with E-state index in [1.165, 1.54) is 10.5 Å². The lowest BCUT2D eigenvalue weighted by atomic mass is 9.81. The van der Waals surface area contributed by atoms with Gasteiger partial charge < -0.3 is 10.1 Å². The number of rotatable bonds is 5. The van der Waals surface area contributed by atoms with Crippen molar-refractivity contribution in [2.24, 2.45) is 11.8 Å². The van der Waals surface area contributed by atoms with Crippen LogP contribution in [-0.4, -0.2) is 65.4 Å². The van der Waals surface area contributed by atoms with Gasteiger partial charge in [-0.1, -0.05) is 30.3 Å². The van der Waals surface area contributed by atoms with Gasteiger partial charge in [-0.2, -0.15) is 0 Å². The molecule has 0 spiro atoms. The fraction of sp³-hybridized carbons (Fsp3) is 0.591. The molecule has 1 aromatic carbocycles. The van der Waals surface area contributed by atoms with E-state index in [9.17, 15) is 14.4 Å². The molecule has 0 aliphatic carbocycles. The SMILES string of the molecule is O=C(CN1C(=O)C2C3CCC(O3)C2C1=O)NC1CCN(Cc2ccccc2)CC1. The summed E-state index contributed by atoms with van der Waals surface area (Å²) in [6.45, 7) is 2.61. The summed E-state index contributed by atoms with van der Waals surface area (Å²) in [6, 6.07) is 10.5. The second-order valence-corrected chi connectivity index (χ2v) is 8.71. The number of likely N-dealkylation sites (tertiary alicyclic amines) is 2. The molecule has 2 bridgehead atoms. The van der Waals surface area contributed by atoms with Crippen LogP contribution in [-0.2, 0) is 25.7 Å². The third-order valence-electron chi connectivity index (χ3n) is 6.88. The molecule has 29 heavy (non-hydrogen) atoms. The number of imide groups is 1. The van der Waals surface area contributed by atoms with Gasteiger partial charge in [0.25, 0.3) is 0 Å². The van der Waals surface area contributed by atoms with E-state index in [1.807, 2.05) is 6.07 Å². The lowest BCUT2D eigenvalue weighted by Gasteiger charge is -2.32. The third-order valence-corrected chi connectivity index (χ3v) is 6.88. The number of hydrogen-bond donors (Lipinski definition) is 1. The molecule has 4 fully saturated rings. The smallest absolute Gasteiger partial charge is 0.240 e. The summed E-state index contributed by atoms with van der Waals surface area (Å²) < 4.78 is 5.73. The van der Waals surface area contributed by atoms with E-state index in [0.717, 1.165) is 45.3 Å². The molecule has 7 heteroatoms. The number of piperidine rings is 1. The molecule has 5 rings (SSSR count). The predicted molar refractivity (Wildman–Crippen MR) is 104 cm³/mol. The molecule has 4 unspecified atom stereocenters. The maximum Gasteiger partial charge on any atom is 0.240 e. The Morgan fingerprint density at radius 1 is 0.966 bits per heavy atom. The van der Waals surface area contributed by atoms with Gasteiger partial charge in [-0.15, -0.1) is 0 Å². The van der Waals surface area contributed by atoms with Crippen LogP contribution in [0.25, 0.3) is 0 Å². The van der Waals surface area contributed by atoms with Crippen LogP contribution in [0.4, 0.5) is 0 Å². The summed E-state index contributed by atoms with van der Waals surface area (Å²) in [4.78, 5) is 41.4. The van der Waals surface area contributed by atoms with Crippen LogP contribution in [0, 0.1) is 11.8 Å². The number of fused-ring (bicyclic) bond motifs is 5. The first-order chi connectivity index (χ1) is 14.1. The standard InChI is InChI=1S/C22H27N3O4/c26-18(13-25-21(27)19-16-6-7-17(29-16)20(19)22(25)28)23-15-8-10-24(11-9-15)12-14-4-2-1-3-5-14/h1-5,15-17,19-20H,6-13H2,(H,23,26). The molecular weight excluding hydrogens is 370 g/mol. The molecule has 0 saturated carbocycles. The van der Waals surface area contributed by atoms with Gasteiger partial charge in [0.2, 0.25) is 17.7 Å². The number of carbonyl (C=O) groups excluding carboxylic acids is 3.